The van der Waals surface area contributed by atoms with Gasteiger partial charge in [0.25, 0.3) is 0 Å². The number of hydrogen-bond donors (Lipinski definition) is 1. The topological polar surface area (TPSA) is 41.6 Å². The Bertz CT molecular complexity index is 420. The quantitative estimate of drug-likeness (QED) is 0.827. The van der Waals surface area contributed by atoms with Gasteiger partial charge < -0.3 is 15.0 Å². The number of esters is 1. The normalized spacial score (nSPS) is 19.8. The molecule has 4 heteroatoms. The largest absolute Gasteiger partial charge is 0.462 e. The summed E-state index contributed by atoms with van der Waals surface area (Å²) in [6.45, 7) is 4.39. The van der Waals surface area contributed by atoms with E-state index in [9.17, 15) is 4.79 Å². The van der Waals surface area contributed by atoms with Crippen molar-refractivity contribution < 1.29 is 9.53 Å². The molecule has 0 spiro atoms. The number of carbonyl (C=O) groups excluding carboxylic acids is 1. The van der Waals surface area contributed by atoms with Crippen LogP contribution in [0.25, 0.3) is 0 Å². The van der Waals surface area contributed by atoms with E-state index in [1.807, 2.05) is 25.1 Å². The van der Waals surface area contributed by atoms with Crippen molar-refractivity contribution >= 4 is 11.7 Å². The van der Waals surface area contributed by atoms with E-state index in [0.29, 0.717) is 18.2 Å². The van der Waals surface area contributed by atoms with Gasteiger partial charge in [0.2, 0.25) is 0 Å². The smallest absolute Gasteiger partial charge is 0.338 e. The standard InChI is InChI=1S/C14H20N2O2/c1-3-18-14(17)11-5-4-6-12(9-11)15-13-7-8-16(2)10-13/h4-6,9,13,15H,3,7-8,10H2,1-2H3. The number of anilines is 1. The van der Waals surface area contributed by atoms with Crippen molar-refractivity contribution in [3.63, 3.8) is 0 Å². The molecule has 1 fully saturated rings. The number of hydrogen-bond acceptors (Lipinski definition) is 4. The van der Waals surface area contributed by atoms with E-state index in [1.165, 1.54) is 0 Å². The molecule has 1 aromatic carbocycles. The first kappa shape index (κ1) is 12.9. The van der Waals surface area contributed by atoms with Crippen molar-refractivity contribution in [1.29, 1.82) is 0 Å². The highest BCUT2D eigenvalue weighted by Gasteiger charge is 2.19. The zero-order valence-electron chi connectivity index (χ0n) is 11.0. The maximum Gasteiger partial charge on any atom is 0.338 e. The van der Waals surface area contributed by atoms with E-state index in [-0.39, 0.29) is 5.97 Å². The Morgan fingerprint density at radius 3 is 3.06 bits per heavy atom. The van der Waals surface area contributed by atoms with Crippen LogP contribution in [0, 0.1) is 0 Å². The van der Waals surface area contributed by atoms with Gasteiger partial charge in [-0.2, -0.15) is 0 Å². The van der Waals surface area contributed by atoms with E-state index >= 15 is 0 Å². The highest BCUT2D eigenvalue weighted by Crippen LogP contribution is 2.16. The Morgan fingerprint density at radius 1 is 1.56 bits per heavy atom. The van der Waals surface area contributed by atoms with Gasteiger partial charge >= 0.3 is 5.97 Å². The van der Waals surface area contributed by atoms with Gasteiger partial charge in [-0.25, -0.2) is 4.79 Å². The number of likely N-dealkylation sites (tertiary alicyclic amines) is 1. The van der Waals surface area contributed by atoms with Gasteiger partial charge in [0.05, 0.1) is 12.2 Å². The molecule has 4 nitrogen and oxygen atoms in total. The van der Waals surface area contributed by atoms with Gasteiger partial charge in [-0.3, -0.25) is 0 Å². The van der Waals surface area contributed by atoms with Gasteiger partial charge in [-0.1, -0.05) is 6.07 Å². The van der Waals surface area contributed by atoms with Gasteiger partial charge in [-0.15, -0.1) is 0 Å². The minimum Gasteiger partial charge on any atom is -0.462 e. The molecule has 0 bridgehead atoms. The van der Waals surface area contributed by atoms with Crippen LogP contribution in [0.4, 0.5) is 5.69 Å². The second-order valence-electron chi connectivity index (χ2n) is 4.69. The van der Waals surface area contributed by atoms with Gasteiger partial charge in [0.1, 0.15) is 0 Å². The molecule has 1 atom stereocenters. The third-order valence-corrected chi connectivity index (χ3v) is 3.14. The summed E-state index contributed by atoms with van der Waals surface area (Å²) in [7, 11) is 2.12. The summed E-state index contributed by atoms with van der Waals surface area (Å²) in [6.07, 6.45) is 1.14. The maximum absolute atomic E-state index is 11.6. The van der Waals surface area contributed by atoms with Crippen LogP contribution in [0.2, 0.25) is 0 Å². The second-order valence-corrected chi connectivity index (χ2v) is 4.69. The fraction of sp³-hybridized carbons (Fsp3) is 0.500. The fourth-order valence-corrected chi connectivity index (χ4v) is 2.24. The van der Waals surface area contributed by atoms with Gasteiger partial charge in [0, 0.05) is 18.3 Å². The van der Waals surface area contributed by atoms with Crippen LogP contribution in [-0.4, -0.2) is 43.7 Å². The molecule has 0 aliphatic carbocycles. The van der Waals surface area contributed by atoms with Crippen LogP contribution in [0.3, 0.4) is 0 Å². The van der Waals surface area contributed by atoms with Gasteiger partial charge in [0.15, 0.2) is 0 Å². The van der Waals surface area contributed by atoms with Crippen molar-refractivity contribution in [3.05, 3.63) is 29.8 Å². The zero-order valence-corrected chi connectivity index (χ0v) is 11.0. The number of nitrogens with zero attached hydrogens (tertiary/aromatic N) is 1. The van der Waals surface area contributed by atoms with Crippen molar-refractivity contribution in [2.45, 2.75) is 19.4 Å². The van der Waals surface area contributed by atoms with Crippen LogP contribution in [-0.2, 0) is 4.74 Å². The molecule has 18 heavy (non-hydrogen) atoms. The fourth-order valence-electron chi connectivity index (χ4n) is 2.24. The highest BCUT2D eigenvalue weighted by molar-refractivity contribution is 5.90. The van der Waals surface area contributed by atoms with Crippen LogP contribution < -0.4 is 5.32 Å². The monoisotopic (exact) mass is 248 g/mol. The molecule has 1 heterocycles. The van der Waals surface area contributed by atoms with E-state index in [2.05, 4.69) is 17.3 Å². The molecule has 1 aliphatic rings. The number of likely N-dealkylation sites (N-methyl/N-ethyl adjacent to an activating group) is 1. The molecule has 0 aromatic heterocycles. The summed E-state index contributed by atoms with van der Waals surface area (Å²) >= 11 is 0. The van der Waals surface area contributed by atoms with E-state index in [1.54, 1.807) is 6.07 Å². The average Bonchev–Trinajstić information content (AvgIpc) is 2.75. The molecule has 1 aromatic rings. The molecule has 1 saturated heterocycles. The molecule has 0 radical (unpaired) electrons. The third kappa shape index (κ3) is 3.23. The SMILES string of the molecule is CCOC(=O)c1cccc(NC2CCN(C)C2)c1. The number of nitrogens with one attached hydrogen (secondary N) is 1. The second kappa shape index (κ2) is 5.87. The van der Waals surface area contributed by atoms with Crippen molar-refractivity contribution in [2.75, 3.05) is 32.1 Å². The number of benzene rings is 1. The van der Waals surface area contributed by atoms with E-state index < -0.39 is 0 Å². The number of carbonyl (C=O) groups is 1. The summed E-state index contributed by atoms with van der Waals surface area (Å²) in [4.78, 5) is 13.9. The first-order chi connectivity index (χ1) is 8.69. The first-order valence-corrected chi connectivity index (χ1v) is 6.41. The Morgan fingerprint density at radius 2 is 2.39 bits per heavy atom. The van der Waals surface area contributed by atoms with Crippen LogP contribution in [0.15, 0.2) is 24.3 Å². The molecule has 1 N–H and O–H groups in total. The zero-order chi connectivity index (χ0) is 13.0. The minimum atomic E-state index is -0.260. The molecule has 1 aliphatic heterocycles. The van der Waals surface area contributed by atoms with Crippen LogP contribution in [0.5, 0.6) is 0 Å². The third-order valence-electron chi connectivity index (χ3n) is 3.14. The van der Waals surface area contributed by atoms with Gasteiger partial charge in [-0.05, 0) is 45.1 Å². The Hall–Kier alpha value is -1.55. The van der Waals surface area contributed by atoms with E-state index in [4.69, 9.17) is 4.74 Å². The summed E-state index contributed by atoms with van der Waals surface area (Å²) in [5, 5.41) is 3.46. The lowest BCUT2D eigenvalue weighted by molar-refractivity contribution is 0.0526. The predicted molar refractivity (Wildman–Crippen MR) is 71.9 cm³/mol. The lowest BCUT2D eigenvalue weighted by atomic mass is 10.2. The first-order valence-electron chi connectivity index (χ1n) is 6.41. The summed E-state index contributed by atoms with van der Waals surface area (Å²) in [5.74, 6) is -0.260. The van der Waals surface area contributed by atoms with Crippen molar-refractivity contribution in [1.82, 2.24) is 4.90 Å². The molecule has 0 amide bonds. The molecule has 2 rings (SSSR count). The Labute approximate surface area is 108 Å². The average molecular weight is 248 g/mol. The van der Waals surface area contributed by atoms with E-state index in [0.717, 1.165) is 25.2 Å². The number of rotatable bonds is 4. The molecule has 0 saturated carbocycles. The van der Waals surface area contributed by atoms with Crippen molar-refractivity contribution in [3.8, 4) is 0 Å². The minimum absolute atomic E-state index is 0.260. The summed E-state index contributed by atoms with van der Waals surface area (Å²) in [5.41, 5.74) is 1.59. The molecular weight excluding hydrogens is 228 g/mol. The molecule has 98 valence electrons. The Kier molecular flexibility index (Phi) is 4.20. The lowest BCUT2D eigenvalue weighted by Gasteiger charge is -2.14. The summed E-state index contributed by atoms with van der Waals surface area (Å²) in [6, 6.07) is 7.97. The predicted octanol–water partition coefficient (Wildman–Crippen LogP) is 1.98. The highest BCUT2D eigenvalue weighted by atomic mass is 16.5. The van der Waals surface area contributed by atoms with Crippen LogP contribution >= 0.6 is 0 Å². The molecule has 1 unspecified atom stereocenters. The Balaban J connectivity index is 2.01. The molecular formula is C14H20N2O2. The lowest BCUT2D eigenvalue weighted by Crippen LogP contribution is -2.23. The summed E-state index contributed by atoms with van der Waals surface area (Å²) < 4.78 is 5.00. The van der Waals surface area contributed by atoms with Crippen LogP contribution in [0.1, 0.15) is 23.7 Å². The number of ether oxygens (including phenoxy) is 1. The maximum atomic E-state index is 11.6. The van der Waals surface area contributed by atoms with Crippen molar-refractivity contribution in [2.24, 2.45) is 0 Å².